The molecule has 8 nitrogen and oxygen atoms in total. The average Bonchev–Trinajstić information content (AvgIpc) is 3.05. The third-order valence-corrected chi connectivity index (χ3v) is 6.82. The molecule has 1 amide bonds. The van der Waals surface area contributed by atoms with Crippen molar-refractivity contribution in [1.29, 1.82) is 0 Å². The Morgan fingerprint density at radius 3 is 2.51 bits per heavy atom. The molecule has 5 N–H and O–H groups in total. The van der Waals surface area contributed by atoms with Gasteiger partial charge in [0.1, 0.15) is 11.5 Å². The van der Waals surface area contributed by atoms with E-state index < -0.39 is 30.5 Å². The van der Waals surface area contributed by atoms with Crippen molar-refractivity contribution in [3.8, 4) is 22.4 Å². The Morgan fingerprint density at radius 1 is 1.15 bits per heavy atom. The maximum absolute atomic E-state index is 13.9. The molecule has 39 heavy (non-hydrogen) atoms. The molecule has 2 aromatic heterocycles. The van der Waals surface area contributed by atoms with Crippen molar-refractivity contribution < 1.29 is 29.3 Å². The molecule has 204 valence electrons. The number of carboxylic acid groups (broad SMARTS) is 1. The monoisotopic (exact) mass is 533 g/mol. The van der Waals surface area contributed by atoms with Gasteiger partial charge in [0.05, 0.1) is 30.0 Å². The van der Waals surface area contributed by atoms with Gasteiger partial charge in [0.25, 0.3) is 5.91 Å². The number of halogens is 1. The lowest BCUT2D eigenvalue weighted by molar-refractivity contribution is -0.139. The second-order valence-corrected chi connectivity index (χ2v) is 10.1. The van der Waals surface area contributed by atoms with Crippen LogP contribution in [-0.4, -0.2) is 49.4 Å². The lowest BCUT2D eigenvalue weighted by Crippen LogP contribution is -2.19. The largest absolute Gasteiger partial charge is 0.481 e. The fourth-order valence-corrected chi connectivity index (χ4v) is 5.04. The quantitative estimate of drug-likeness (QED) is 0.321. The van der Waals surface area contributed by atoms with Gasteiger partial charge in [0.15, 0.2) is 0 Å². The zero-order chi connectivity index (χ0) is 28.3. The number of benzene rings is 1. The van der Waals surface area contributed by atoms with Crippen molar-refractivity contribution >= 4 is 18.0 Å². The van der Waals surface area contributed by atoms with Gasteiger partial charge in [-0.05, 0) is 65.6 Å². The molecule has 2 heterocycles. The minimum absolute atomic E-state index is 0.0338. The van der Waals surface area contributed by atoms with E-state index in [4.69, 9.17) is 15.8 Å². The van der Waals surface area contributed by atoms with Gasteiger partial charge >= 0.3 is 5.97 Å². The summed E-state index contributed by atoms with van der Waals surface area (Å²) in [6.45, 7) is 4.00. The minimum atomic E-state index is -1.19. The molecule has 1 aliphatic rings. The summed E-state index contributed by atoms with van der Waals surface area (Å²) in [5, 5.41) is 29.4. The van der Waals surface area contributed by atoms with Crippen molar-refractivity contribution in [3.63, 3.8) is 0 Å². The number of hydrogen-bond donors (Lipinski definition) is 4. The standard InChI is InChI=1S/C30H32FN3O5/c1-16(2)28-23(11-10-20(35)13-21(36)14-26(37)38)27(17-6-8-19(31)9-7-17)22-5-3-4-18-12-25(30(32)39)33-15-24(18)29(22)34-28/h6-12,15-16,20-21,35-36H,3-5,13-14H2,1-2H3,(H2,32,39)(H,37,38)/b11-10+/t20-,21-/m1/s1. The number of fused-ring (bicyclic) bond motifs is 3. The molecule has 0 fully saturated rings. The Balaban J connectivity index is 1.92. The first-order valence-corrected chi connectivity index (χ1v) is 12.9. The van der Waals surface area contributed by atoms with Crippen molar-refractivity contribution in [3.05, 3.63) is 76.5 Å². The number of nitrogens with zero attached hydrogens (tertiary/aromatic N) is 2. The maximum atomic E-state index is 13.9. The highest BCUT2D eigenvalue weighted by molar-refractivity contribution is 5.92. The summed E-state index contributed by atoms with van der Waals surface area (Å²) in [4.78, 5) is 32.0. The number of rotatable bonds is 9. The van der Waals surface area contributed by atoms with E-state index in [0.717, 1.165) is 51.2 Å². The summed E-state index contributed by atoms with van der Waals surface area (Å²) in [7, 11) is 0. The van der Waals surface area contributed by atoms with Crippen LogP contribution in [0.2, 0.25) is 0 Å². The molecule has 0 saturated heterocycles. The minimum Gasteiger partial charge on any atom is -0.481 e. The lowest BCUT2D eigenvalue weighted by Gasteiger charge is -2.22. The van der Waals surface area contributed by atoms with Crippen LogP contribution in [0.25, 0.3) is 28.5 Å². The number of primary amides is 1. The van der Waals surface area contributed by atoms with Crippen LogP contribution in [0.1, 0.15) is 71.9 Å². The van der Waals surface area contributed by atoms with Gasteiger partial charge in [-0.2, -0.15) is 0 Å². The van der Waals surface area contributed by atoms with Crippen molar-refractivity contribution in [2.24, 2.45) is 5.73 Å². The second kappa shape index (κ2) is 11.8. The van der Waals surface area contributed by atoms with Gasteiger partial charge in [-0.15, -0.1) is 0 Å². The predicted molar refractivity (Wildman–Crippen MR) is 145 cm³/mol. The van der Waals surface area contributed by atoms with Crippen molar-refractivity contribution in [2.75, 3.05) is 0 Å². The number of carbonyl (C=O) groups excluding carboxylic acids is 1. The van der Waals surface area contributed by atoms with Crippen LogP contribution < -0.4 is 5.73 Å². The molecule has 0 bridgehead atoms. The number of aromatic nitrogens is 2. The van der Waals surface area contributed by atoms with Gasteiger partial charge in [0, 0.05) is 23.7 Å². The summed E-state index contributed by atoms with van der Waals surface area (Å²) < 4.78 is 13.9. The Morgan fingerprint density at radius 2 is 1.87 bits per heavy atom. The van der Waals surface area contributed by atoms with Crippen LogP contribution in [0.3, 0.4) is 0 Å². The van der Waals surface area contributed by atoms with E-state index in [1.54, 1.807) is 30.5 Å². The van der Waals surface area contributed by atoms with Gasteiger partial charge in [-0.1, -0.05) is 38.1 Å². The smallest absolute Gasteiger partial charge is 0.305 e. The summed E-state index contributed by atoms with van der Waals surface area (Å²) in [6.07, 6.45) is 4.16. The van der Waals surface area contributed by atoms with Gasteiger partial charge in [-0.3, -0.25) is 19.6 Å². The number of amides is 1. The zero-order valence-electron chi connectivity index (χ0n) is 21.9. The number of carboxylic acids is 1. The van der Waals surface area contributed by atoms with Crippen LogP contribution in [0.4, 0.5) is 4.39 Å². The molecule has 0 aliphatic heterocycles. The maximum Gasteiger partial charge on any atom is 0.305 e. The van der Waals surface area contributed by atoms with Crippen LogP contribution in [0.15, 0.2) is 42.6 Å². The zero-order valence-corrected chi connectivity index (χ0v) is 21.9. The fourth-order valence-electron chi connectivity index (χ4n) is 5.04. The first kappa shape index (κ1) is 28.1. The molecule has 3 aromatic rings. The highest BCUT2D eigenvalue weighted by atomic mass is 19.1. The average molecular weight is 534 g/mol. The number of aryl methyl sites for hydroxylation is 1. The van der Waals surface area contributed by atoms with Gasteiger partial charge in [-0.25, -0.2) is 4.39 Å². The third kappa shape index (κ3) is 6.38. The van der Waals surface area contributed by atoms with E-state index in [2.05, 4.69) is 4.98 Å². The molecule has 9 heteroatoms. The molecule has 0 spiro atoms. The Hall–Kier alpha value is -3.95. The molecular formula is C30H32FN3O5. The van der Waals surface area contributed by atoms with Crippen LogP contribution in [0.5, 0.6) is 0 Å². The van der Waals surface area contributed by atoms with Crippen LogP contribution in [0, 0.1) is 5.82 Å². The van der Waals surface area contributed by atoms with E-state index in [-0.39, 0.29) is 23.8 Å². The molecule has 2 atom stereocenters. The number of carbonyl (C=O) groups is 2. The third-order valence-electron chi connectivity index (χ3n) is 6.82. The van der Waals surface area contributed by atoms with E-state index in [0.29, 0.717) is 12.8 Å². The van der Waals surface area contributed by atoms with Gasteiger partial charge < -0.3 is 21.1 Å². The number of pyridine rings is 2. The molecule has 0 unspecified atom stereocenters. The Labute approximate surface area is 226 Å². The molecule has 4 rings (SSSR count). The Bertz CT molecular complexity index is 1420. The first-order chi connectivity index (χ1) is 18.5. The summed E-state index contributed by atoms with van der Waals surface area (Å²) in [6, 6.07) is 7.92. The van der Waals surface area contributed by atoms with Crippen LogP contribution in [-0.2, 0) is 17.6 Å². The Kier molecular flexibility index (Phi) is 8.52. The normalized spacial score (nSPS) is 14.5. The molecular weight excluding hydrogens is 501 g/mol. The highest BCUT2D eigenvalue weighted by Gasteiger charge is 2.26. The fraction of sp³-hybridized carbons (Fsp3) is 0.333. The molecule has 0 radical (unpaired) electrons. The number of hydrogen-bond acceptors (Lipinski definition) is 6. The van der Waals surface area contributed by atoms with Crippen LogP contribution >= 0.6 is 0 Å². The summed E-state index contributed by atoms with van der Waals surface area (Å²) in [5.74, 6) is -2.14. The summed E-state index contributed by atoms with van der Waals surface area (Å²) >= 11 is 0. The topological polar surface area (TPSA) is 147 Å². The van der Waals surface area contributed by atoms with E-state index >= 15 is 0 Å². The first-order valence-electron chi connectivity index (χ1n) is 12.9. The molecule has 0 saturated carbocycles. The van der Waals surface area contributed by atoms with Gasteiger partial charge in [0.2, 0.25) is 0 Å². The number of aliphatic carboxylic acids is 1. The molecule has 1 aliphatic carbocycles. The second-order valence-electron chi connectivity index (χ2n) is 10.1. The van der Waals surface area contributed by atoms with Crippen molar-refractivity contribution in [1.82, 2.24) is 9.97 Å². The summed E-state index contributed by atoms with van der Waals surface area (Å²) in [5.41, 5.74) is 12.2. The predicted octanol–water partition coefficient (Wildman–Crippen LogP) is 4.26. The number of nitrogens with two attached hydrogens (primary N) is 1. The van der Waals surface area contributed by atoms with E-state index in [9.17, 15) is 24.2 Å². The number of aliphatic hydroxyl groups excluding tert-OH is 2. The SMILES string of the molecule is CC(C)c1nc2c(c(-c3ccc(F)cc3)c1/C=C/[C@@H](O)C[C@@H](O)CC(=O)O)CCCc1cc(C(N)=O)ncc1-2. The lowest BCUT2D eigenvalue weighted by atomic mass is 9.86. The van der Waals surface area contributed by atoms with E-state index in [1.807, 2.05) is 13.8 Å². The number of aliphatic hydroxyl groups is 2. The van der Waals surface area contributed by atoms with E-state index in [1.165, 1.54) is 18.2 Å². The highest BCUT2D eigenvalue weighted by Crippen LogP contribution is 2.42. The molecule has 1 aromatic carbocycles. The van der Waals surface area contributed by atoms with Crippen molar-refractivity contribution in [2.45, 2.75) is 64.1 Å².